The van der Waals surface area contributed by atoms with Gasteiger partial charge in [-0.1, -0.05) is 11.3 Å². The van der Waals surface area contributed by atoms with E-state index in [1.165, 1.54) is 30.6 Å². The van der Waals surface area contributed by atoms with Crippen LogP contribution < -0.4 is 14.4 Å². The van der Waals surface area contributed by atoms with Crippen LogP contribution in [0.15, 0.2) is 47.4 Å². The number of hydrogen-bond acceptors (Lipinski definition) is 8. The Bertz CT molecular complexity index is 1190. The minimum absolute atomic E-state index is 0.137. The second kappa shape index (κ2) is 11.0. The Labute approximate surface area is 198 Å². The third-order valence-electron chi connectivity index (χ3n) is 4.97. The number of hydrogen-bond donors (Lipinski definition) is 0. The van der Waals surface area contributed by atoms with Gasteiger partial charge in [0.15, 0.2) is 15.0 Å². The van der Waals surface area contributed by atoms with Crippen LogP contribution in [0.25, 0.3) is 10.2 Å². The van der Waals surface area contributed by atoms with Gasteiger partial charge >= 0.3 is 0 Å². The minimum atomic E-state index is -3.61. The zero-order valence-electron chi connectivity index (χ0n) is 19.3. The number of anilines is 1. The van der Waals surface area contributed by atoms with Gasteiger partial charge in [0.25, 0.3) is 0 Å². The van der Waals surface area contributed by atoms with Crippen molar-refractivity contribution in [2.75, 3.05) is 51.6 Å². The Morgan fingerprint density at radius 2 is 1.76 bits per heavy atom. The maximum atomic E-state index is 13.1. The third kappa shape index (κ3) is 6.43. The van der Waals surface area contributed by atoms with Crippen molar-refractivity contribution < 1.29 is 22.7 Å². The van der Waals surface area contributed by atoms with Gasteiger partial charge < -0.3 is 14.4 Å². The van der Waals surface area contributed by atoms with Crippen LogP contribution in [0, 0.1) is 0 Å². The molecule has 10 heteroatoms. The molecule has 1 heterocycles. The van der Waals surface area contributed by atoms with Gasteiger partial charge in [-0.25, -0.2) is 13.4 Å². The average molecular weight is 492 g/mol. The molecule has 3 aromatic rings. The van der Waals surface area contributed by atoms with Crippen LogP contribution in [0.1, 0.15) is 13.3 Å². The highest BCUT2D eigenvalue weighted by Gasteiger charge is 2.23. The molecule has 1 aromatic heterocycles. The molecule has 0 fully saturated rings. The molecular formula is C23H29N3O5S2. The van der Waals surface area contributed by atoms with Crippen LogP contribution in [-0.2, 0) is 14.6 Å². The van der Waals surface area contributed by atoms with Crippen LogP contribution in [0.4, 0.5) is 5.13 Å². The first-order valence-corrected chi connectivity index (χ1v) is 13.1. The average Bonchev–Trinajstić information content (AvgIpc) is 3.21. The van der Waals surface area contributed by atoms with Gasteiger partial charge in [0, 0.05) is 19.5 Å². The molecule has 0 aliphatic heterocycles. The second-order valence-corrected chi connectivity index (χ2v) is 10.8. The number of benzene rings is 2. The Morgan fingerprint density at radius 1 is 1.06 bits per heavy atom. The molecule has 0 aliphatic rings. The van der Waals surface area contributed by atoms with Crippen molar-refractivity contribution in [2.24, 2.45) is 0 Å². The summed E-state index contributed by atoms with van der Waals surface area (Å²) >= 11 is 1.39. The maximum absolute atomic E-state index is 13.1. The summed E-state index contributed by atoms with van der Waals surface area (Å²) in [5.41, 5.74) is 0.770. The number of nitrogens with zero attached hydrogens (tertiary/aromatic N) is 3. The van der Waals surface area contributed by atoms with E-state index in [-0.39, 0.29) is 23.0 Å². The molecule has 33 heavy (non-hydrogen) atoms. The zero-order chi connectivity index (χ0) is 24.0. The number of likely N-dealkylation sites (N-methyl/N-ethyl adjacent to an activating group) is 1. The summed E-state index contributed by atoms with van der Waals surface area (Å²) in [7, 11) is 1.75. The van der Waals surface area contributed by atoms with E-state index in [4.69, 9.17) is 9.47 Å². The largest absolute Gasteiger partial charge is 0.497 e. The van der Waals surface area contributed by atoms with Crippen molar-refractivity contribution in [3.05, 3.63) is 42.5 Å². The minimum Gasteiger partial charge on any atom is -0.497 e. The first-order valence-electron chi connectivity index (χ1n) is 10.6. The number of aromatic nitrogens is 1. The molecular weight excluding hydrogens is 462 g/mol. The lowest BCUT2D eigenvalue weighted by molar-refractivity contribution is -0.118. The van der Waals surface area contributed by atoms with E-state index >= 15 is 0 Å². The van der Waals surface area contributed by atoms with E-state index in [1.807, 2.05) is 44.1 Å². The number of rotatable bonds is 11. The molecule has 2 aromatic carbocycles. The van der Waals surface area contributed by atoms with Crippen LogP contribution in [0.5, 0.6) is 11.5 Å². The van der Waals surface area contributed by atoms with Gasteiger partial charge in [-0.2, -0.15) is 0 Å². The number of carbonyl (C=O) groups is 1. The van der Waals surface area contributed by atoms with E-state index in [2.05, 4.69) is 4.98 Å². The molecule has 0 unspecified atom stereocenters. The second-order valence-electron chi connectivity index (χ2n) is 7.65. The molecule has 0 saturated heterocycles. The lowest BCUT2D eigenvalue weighted by Crippen LogP contribution is -2.37. The van der Waals surface area contributed by atoms with Crippen molar-refractivity contribution in [2.45, 2.75) is 18.2 Å². The first kappa shape index (κ1) is 24.9. The Hall–Kier alpha value is -2.69. The Morgan fingerprint density at radius 3 is 2.39 bits per heavy atom. The molecule has 0 N–H and O–H groups in total. The predicted octanol–water partition coefficient (Wildman–Crippen LogP) is 3.46. The summed E-state index contributed by atoms with van der Waals surface area (Å²) in [5, 5.41) is 0.548. The highest BCUT2D eigenvalue weighted by Crippen LogP contribution is 2.32. The van der Waals surface area contributed by atoms with Crippen molar-refractivity contribution >= 4 is 42.4 Å². The maximum Gasteiger partial charge on any atom is 0.229 e. The smallest absolute Gasteiger partial charge is 0.229 e. The monoisotopic (exact) mass is 491 g/mol. The van der Waals surface area contributed by atoms with Gasteiger partial charge in [-0.3, -0.25) is 9.69 Å². The summed E-state index contributed by atoms with van der Waals surface area (Å²) in [4.78, 5) is 21.5. The lowest BCUT2D eigenvalue weighted by atomic mass is 10.3. The molecule has 3 rings (SSSR count). The summed E-state index contributed by atoms with van der Waals surface area (Å²) in [6.45, 7) is 3.51. The van der Waals surface area contributed by atoms with Gasteiger partial charge in [-0.05, 0) is 63.5 Å². The summed E-state index contributed by atoms with van der Waals surface area (Å²) < 4.78 is 37.1. The normalized spacial score (nSPS) is 11.7. The number of carbonyl (C=O) groups excluding carboxylic acids is 1. The number of ether oxygens (including phenoxy) is 2. The van der Waals surface area contributed by atoms with E-state index < -0.39 is 9.84 Å². The number of methoxy groups -OCH3 is 1. The molecule has 0 radical (unpaired) electrons. The first-order chi connectivity index (χ1) is 15.7. The molecule has 8 nitrogen and oxygen atoms in total. The summed E-state index contributed by atoms with van der Waals surface area (Å²) in [5.74, 6) is 0.758. The number of amides is 1. The van der Waals surface area contributed by atoms with E-state index in [0.717, 1.165) is 16.0 Å². The van der Waals surface area contributed by atoms with Crippen molar-refractivity contribution in [3.8, 4) is 11.5 Å². The fourth-order valence-electron chi connectivity index (χ4n) is 3.15. The van der Waals surface area contributed by atoms with Crippen molar-refractivity contribution in [1.82, 2.24) is 9.88 Å². The molecule has 0 saturated carbocycles. The van der Waals surface area contributed by atoms with Crippen molar-refractivity contribution in [3.63, 3.8) is 0 Å². The fraction of sp³-hybridized carbons (Fsp3) is 0.391. The predicted molar refractivity (Wildman–Crippen MR) is 131 cm³/mol. The molecule has 178 valence electrons. The SMILES string of the molecule is CCOc1ccc2nc(N(CCN(C)C)C(=O)CCS(=O)(=O)c3ccc(OC)cc3)sc2c1. The summed E-state index contributed by atoms with van der Waals surface area (Å²) in [6.07, 6.45) is -0.137. The molecule has 0 bridgehead atoms. The van der Waals surface area contributed by atoms with Crippen molar-refractivity contribution in [1.29, 1.82) is 0 Å². The quantitative estimate of drug-likeness (QED) is 0.406. The van der Waals surface area contributed by atoms with Crippen LogP contribution in [0.2, 0.25) is 0 Å². The van der Waals surface area contributed by atoms with Crippen LogP contribution in [0.3, 0.4) is 0 Å². The fourth-order valence-corrected chi connectivity index (χ4v) is 5.42. The number of thiazole rings is 1. The molecule has 0 atom stereocenters. The van der Waals surface area contributed by atoms with Gasteiger partial charge in [0.05, 0.1) is 34.6 Å². The third-order valence-corrected chi connectivity index (χ3v) is 7.74. The van der Waals surface area contributed by atoms with Crippen LogP contribution in [-0.4, -0.2) is 70.9 Å². The summed E-state index contributed by atoms with van der Waals surface area (Å²) in [6, 6.07) is 11.8. The van der Waals surface area contributed by atoms with E-state index in [1.54, 1.807) is 17.0 Å². The Balaban J connectivity index is 1.79. The lowest BCUT2D eigenvalue weighted by Gasteiger charge is -2.22. The zero-order valence-corrected chi connectivity index (χ0v) is 20.9. The van der Waals surface area contributed by atoms with E-state index in [0.29, 0.717) is 30.6 Å². The molecule has 1 amide bonds. The Kier molecular flexibility index (Phi) is 8.28. The highest BCUT2D eigenvalue weighted by atomic mass is 32.2. The standard InChI is InChI=1S/C23H29N3O5S2/c1-5-31-18-8-11-20-21(16-18)32-23(24-20)26(14-13-25(2)3)22(27)12-15-33(28,29)19-9-6-17(30-4)7-10-19/h6-11,16H,5,12-15H2,1-4H3. The van der Waals surface area contributed by atoms with Gasteiger partial charge in [0.2, 0.25) is 5.91 Å². The molecule has 0 spiro atoms. The highest BCUT2D eigenvalue weighted by molar-refractivity contribution is 7.91. The van der Waals surface area contributed by atoms with Crippen LogP contribution >= 0.6 is 11.3 Å². The van der Waals surface area contributed by atoms with Gasteiger partial charge in [-0.15, -0.1) is 0 Å². The number of fused-ring (bicyclic) bond motifs is 1. The topological polar surface area (TPSA) is 89.0 Å². The number of sulfone groups is 1. The molecule has 0 aliphatic carbocycles. The van der Waals surface area contributed by atoms with Gasteiger partial charge in [0.1, 0.15) is 11.5 Å². The van der Waals surface area contributed by atoms with E-state index in [9.17, 15) is 13.2 Å².